The lowest BCUT2D eigenvalue weighted by atomic mass is 10.2. The Balaban J connectivity index is 3.08. The van der Waals surface area contributed by atoms with E-state index < -0.39 is 17.5 Å². The zero-order chi connectivity index (χ0) is 9.84. The van der Waals surface area contributed by atoms with Crippen LogP contribution in [0, 0.1) is 0 Å². The Bertz CT molecular complexity index is 351. The summed E-state index contributed by atoms with van der Waals surface area (Å²) in [4.78, 5) is 20.7. The number of hydrogen-bond donors (Lipinski definition) is 2. The van der Waals surface area contributed by atoms with Gasteiger partial charge in [0, 0.05) is 12.1 Å². The summed E-state index contributed by atoms with van der Waals surface area (Å²) in [6.07, 6.45) is 1.72. The van der Waals surface area contributed by atoms with E-state index in [4.69, 9.17) is 10.2 Å². The molecule has 0 radical (unpaired) electrons. The van der Waals surface area contributed by atoms with Crippen molar-refractivity contribution in [2.45, 2.75) is 0 Å². The van der Waals surface area contributed by atoms with E-state index in [0.29, 0.717) is 6.08 Å². The van der Waals surface area contributed by atoms with Crippen molar-refractivity contribution in [2.75, 3.05) is 0 Å². The number of carboxylic acids is 2. The number of aromatic nitrogens is 1. The first kappa shape index (κ1) is 8.98. The predicted octanol–water partition coefficient (Wildman–Crippen LogP) is 0.227. The van der Waals surface area contributed by atoms with Crippen LogP contribution in [0.15, 0.2) is 22.9 Å². The molecule has 0 saturated heterocycles. The van der Waals surface area contributed by atoms with Crippen LogP contribution in [0.25, 0.3) is 5.57 Å². The molecule has 0 amide bonds. The molecule has 0 aliphatic heterocycles. The Morgan fingerprint density at radius 1 is 1.46 bits per heavy atom. The van der Waals surface area contributed by atoms with Crippen molar-refractivity contribution in [3.05, 3.63) is 24.1 Å². The molecule has 0 aliphatic rings. The highest BCUT2D eigenvalue weighted by Crippen LogP contribution is 2.11. The molecule has 0 bridgehead atoms. The van der Waals surface area contributed by atoms with Crippen LogP contribution in [0.5, 0.6) is 0 Å². The van der Waals surface area contributed by atoms with Gasteiger partial charge in [0.25, 0.3) is 0 Å². The molecular formula is C7H5NO5. The molecular weight excluding hydrogens is 178 g/mol. The average Bonchev–Trinajstić information content (AvgIpc) is 2.50. The van der Waals surface area contributed by atoms with Crippen molar-refractivity contribution in [3.8, 4) is 0 Å². The van der Waals surface area contributed by atoms with Crippen molar-refractivity contribution in [1.29, 1.82) is 0 Å². The van der Waals surface area contributed by atoms with E-state index in [0.717, 1.165) is 6.26 Å². The van der Waals surface area contributed by atoms with Crippen molar-refractivity contribution < 1.29 is 24.3 Å². The molecule has 6 heteroatoms. The summed E-state index contributed by atoms with van der Waals surface area (Å²) in [5.41, 5.74) is -0.434. The molecule has 0 fully saturated rings. The Kier molecular flexibility index (Phi) is 2.44. The second kappa shape index (κ2) is 3.53. The van der Waals surface area contributed by atoms with Gasteiger partial charge in [0.05, 0.1) is 5.57 Å². The van der Waals surface area contributed by atoms with Gasteiger partial charge in [-0.15, -0.1) is 0 Å². The maximum atomic E-state index is 10.5. The van der Waals surface area contributed by atoms with Gasteiger partial charge in [0.15, 0.2) is 0 Å². The number of aliphatic carboxylic acids is 2. The van der Waals surface area contributed by atoms with Gasteiger partial charge in [-0.1, -0.05) is 5.16 Å². The molecule has 6 nitrogen and oxygen atoms in total. The van der Waals surface area contributed by atoms with Gasteiger partial charge in [-0.2, -0.15) is 0 Å². The normalized spacial score (nSPS) is 11.2. The molecule has 1 aromatic rings. The van der Waals surface area contributed by atoms with Crippen molar-refractivity contribution in [3.63, 3.8) is 0 Å². The summed E-state index contributed by atoms with van der Waals surface area (Å²) in [5.74, 6) is -2.71. The molecule has 1 aromatic heterocycles. The largest absolute Gasteiger partial charge is 0.478 e. The van der Waals surface area contributed by atoms with Crippen molar-refractivity contribution >= 4 is 17.5 Å². The lowest BCUT2D eigenvalue weighted by molar-refractivity contribution is -0.133. The molecule has 13 heavy (non-hydrogen) atoms. The minimum Gasteiger partial charge on any atom is -0.478 e. The fraction of sp³-hybridized carbons (Fsp3) is 0. The van der Waals surface area contributed by atoms with E-state index in [-0.39, 0.29) is 5.69 Å². The van der Waals surface area contributed by atoms with E-state index in [9.17, 15) is 9.59 Å². The zero-order valence-electron chi connectivity index (χ0n) is 6.30. The quantitative estimate of drug-likeness (QED) is 0.650. The second-order valence-electron chi connectivity index (χ2n) is 2.09. The minimum atomic E-state index is -1.36. The van der Waals surface area contributed by atoms with Crippen molar-refractivity contribution in [1.82, 2.24) is 5.16 Å². The summed E-state index contributed by atoms with van der Waals surface area (Å²) >= 11 is 0. The standard InChI is InChI=1S/C7H5NO5/c9-6(10)3-4(7(11)12)5-1-2-13-8-5/h1-3H,(H,9,10)(H,11,12). The number of hydrogen-bond acceptors (Lipinski definition) is 4. The van der Waals surface area contributed by atoms with E-state index in [2.05, 4.69) is 9.68 Å². The summed E-state index contributed by atoms with van der Waals surface area (Å²) in [6.45, 7) is 0. The maximum Gasteiger partial charge on any atom is 0.338 e. The average molecular weight is 183 g/mol. The molecule has 1 heterocycles. The van der Waals surface area contributed by atoms with Gasteiger partial charge < -0.3 is 14.7 Å². The molecule has 0 aliphatic carbocycles. The highest BCUT2D eigenvalue weighted by Gasteiger charge is 2.14. The van der Waals surface area contributed by atoms with Gasteiger partial charge in [0.1, 0.15) is 12.0 Å². The maximum absolute atomic E-state index is 10.5. The van der Waals surface area contributed by atoms with Crippen LogP contribution in [-0.4, -0.2) is 27.3 Å². The third-order valence-electron chi connectivity index (χ3n) is 1.21. The van der Waals surface area contributed by atoms with Crippen molar-refractivity contribution in [2.24, 2.45) is 0 Å². The second-order valence-corrected chi connectivity index (χ2v) is 2.09. The monoisotopic (exact) mass is 183 g/mol. The van der Waals surface area contributed by atoms with Crippen LogP contribution in [0.4, 0.5) is 0 Å². The zero-order valence-corrected chi connectivity index (χ0v) is 6.30. The number of nitrogens with zero attached hydrogens (tertiary/aromatic N) is 1. The van der Waals surface area contributed by atoms with Crippen LogP contribution < -0.4 is 0 Å². The molecule has 0 spiro atoms. The summed E-state index contributed by atoms with van der Waals surface area (Å²) in [7, 11) is 0. The van der Waals surface area contributed by atoms with E-state index >= 15 is 0 Å². The SMILES string of the molecule is O=C(O)C=C(C(=O)O)c1ccon1. The lowest BCUT2D eigenvalue weighted by Crippen LogP contribution is -2.03. The topological polar surface area (TPSA) is 101 Å². The minimum absolute atomic E-state index is 0.0186. The Morgan fingerprint density at radius 2 is 2.15 bits per heavy atom. The van der Waals surface area contributed by atoms with Gasteiger partial charge in [-0.05, 0) is 0 Å². The van der Waals surface area contributed by atoms with Crippen LogP contribution >= 0.6 is 0 Å². The van der Waals surface area contributed by atoms with E-state index in [1.54, 1.807) is 0 Å². The third-order valence-corrected chi connectivity index (χ3v) is 1.21. The first-order valence-electron chi connectivity index (χ1n) is 3.20. The predicted molar refractivity (Wildman–Crippen MR) is 39.8 cm³/mol. The summed E-state index contributed by atoms with van der Waals surface area (Å²) in [5, 5.41) is 20.2. The van der Waals surface area contributed by atoms with Gasteiger partial charge in [0.2, 0.25) is 0 Å². The molecule has 0 aromatic carbocycles. The highest BCUT2D eigenvalue weighted by atomic mass is 16.5. The third kappa shape index (κ3) is 2.16. The Labute approximate surface area is 72.1 Å². The van der Waals surface area contributed by atoms with Gasteiger partial charge >= 0.3 is 11.9 Å². The van der Waals surface area contributed by atoms with E-state index in [1.807, 2.05) is 0 Å². The van der Waals surface area contributed by atoms with Crippen LogP contribution in [0.2, 0.25) is 0 Å². The molecule has 2 N–H and O–H groups in total. The highest BCUT2D eigenvalue weighted by molar-refractivity contribution is 6.18. The smallest absolute Gasteiger partial charge is 0.338 e. The lowest BCUT2D eigenvalue weighted by Gasteiger charge is -1.93. The number of carbonyl (C=O) groups is 2. The van der Waals surface area contributed by atoms with Crippen LogP contribution in [-0.2, 0) is 9.59 Å². The Hall–Kier alpha value is -2.11. The molecule has 1 rings (SSSR count). The molecule has 0 saturated carbocycles. The Morgan fingerprint density at radius 3 is 2.54 bits per heavy atom. The van der Waals surface area contributed by atoms with Gasteiger partial charge in [-0.25, -0.2) is 9.59 Å². The summed E-state index contributed by atoms with van der Waals surface area (Å²) in [6, 6.07) is 1.27. The van der Waals surface area contributed by atoms with Gasteiger partial charge in [-0.3, -0.25) is 0 Å². The molecule has 0 unspecified atom stereocenters. The first-order valence-corrected chi connectivity index (χ1v) is 3.20. The fourth-order valence-corrected chi connectivity index (χ4v) is 0.720. The summed E-state index contributed by atoms with van der Waals surface area (Å²) < 4.78 is 4.38. The van der Waals surface area contributed by atoms with E-state index in [1.165, 1.54) is 6.07 Å². The molecule has 68 valence electrons. The van der Waals surface area contributed by atoms with Crippen LogP contribution in [0.1, 0.15) is 5.69 Å². The van der Waals surface area contributed by atoms with Crippen LogP contribution in [0.3, 0.4) is 0 Å². The fourth-order valence-electron chi connectivity index (χ4n) is 0.720. The molecule has 0 atom stereocenters. The first-order chi connectivity index (χ1) is 6.11. The number of rotatable bonds is 3. The number of carboxylic acid groups (broad SMARTS) is 2.